The highest BCUT2D eigenvalue weighted by atomic mass is 79.9. The number of fused-ring (bicyclic) bond motifs is 1. The van der Waals surface area contributed by atoms with E-state index in [9.17, 15) is 9.90 Å². The zero-order valence-corrected chi connectivity index (χ0v) is 19.7. The van der Waals surface area contributed by atoms with Crippen molar-refractivity contribution >= 4 is 38.4 Å². The second kappa shape index (κ2) is 10.6. The van der Waals surface area contributed by atoms with Crippen molar-refractivity contribution in [3.05, 3.63) is 52.5 Å². The van der Waals surface area contributed by atoms with Gasteiger partial charge in [0.1, 0.15) is 5.75 Å². The Morgan fingerprint density at radius 2 is 1.90 bits per heavy atom. The van der Waals surface area contributed by atoms with Gasteiger partial charge in [-0.05, 0) is 48.2 Å². The van der Waals surface area contributed by atoms with Gasteiger partial charge < -0.3 is 14.4 Å². The van der Waals surface area contributed by atoms with Gasteiger partial charge in [0.15, 0.2) is 12.3 Å². The van der Waals surface area contributed by atoms with Crippen molar-refractivity contribution in [2.24, 2.45) is 10.2 Å². The van der Waals surface area contributed by atoms with E-state index >= 15 is 0 Å². The smallest absolute Gasteiger partial charge is 0.302 e. The van der Waals surface area contributed by atoms with E-state index in [1.165, 1.54) is 5.56 Å². The molecule has 6 nitrogen and oxygen atoms in total. The van der Waals surface area contributed by atoms with Gasteiger partial charge in [-0.3, -0.25) is 4.79 Å². The number of carbonyl (C=O) groups is 1. The zero-order chi connectivity index (χ0) is 22.4. The van der Waals surface area contributed by atoms with E-state index in [-0.39, 0.29) is 12.5 Å². The molecule has 0 atom stereocenters. The number of aromatic nitrogens is 1. The number of unbranched alkanes of at least 4 members (excludes halogenated alkanes) is 2. The van der Waals surface area contributed by atoms with Gasteiger partial charge in [0.2, 0.25) is 5.88 Å². The second-order valence-electron chi connectivity index (χ2n) is 7.80. The molecule has 1 heterocycles. The zero-order valence-electron chi connectivity index (χ0n) is 18.1. The van der Waals surface area contributed by atoms with E-state index in [2.05, 4.69) is 46.9 Å². The molecule has 0 bridgehead atoms. The molecule has 31 heavy (non-hydrogen) atoms. The predicted octanol–water partition coefficient (Wildman–Crippen LogP) is 7.11. The molecular formula is C24H28BrN3O3. The minimum Gasteiger partial charge on any atom is -0.493 e. The van der Waals surface area contributed by atoms with Gasteiger partial charge in [-0.2, -0.15) is 0 Å². The Balaban J connectivity index is 1.74. The fourth-order valence-corrected chi connectivity index (χ4v) is 3.73. The summed E-state index contributed by atoms with van der Waals surface area (Å²) in [7, 11) is 0. The highest BCUT2D eigenvalue weighted by Crippen LogP contribution is 2.40. The third-order valence-corrected chi connectivity index (χ3v) is 5.62. The molecule has 0 saturated heterocycles. The molecule has 3 rings (SSSR count). The first-order valence-corrected chi connectivity index (χ1v) is 11.4. The van der Waals surface area contributed by atoms with Crippen LogP contribution in [0.25, 0.3) is 10.9 Å². The first-order chi connectivity index (χ1) is 14.9. The summed E-state index contributed by atoms with van der Waals surface area (Å²) in [4.78, 5) is 12.2. The lowest BCUT2D eigenvalue weighted by atomic mass is 10.0. The lowest BCUT2D eigenvalue weighted by molar-refractivity contribution is -0.120. The number of azo groups is 1. The van der Waals surface area contributed by atoms with Crippen molar-refractivity contribution in [1.82, 2.24) is 4.57 Å². The summed E-state index contributed by atoms with van der Waals surface area (Å²) < 4.78 is 8.21. The molecule has 0 aliphatic rings. The molecule has 3 aromatic rings. The number of hydrogen-bond acceptors (Lipinski definition) is 4. The van der Waals surface area contributed by atoms with E-state index in [1.807, 2.05) is 47.0 Å². The van der Waals surface area contributed by atoms with Gasteiger partial charge >= 0.3 is 5.91 Å². The fraction of sp³-hybridized carbons (Fsp3) is 0.375. The van der Waals surface area contributed by atoms with Crippen LogP contribution in [0, 0.1) is 0 Å². The van der Waals surface area contributed by atoms with Crippen LogP contribution in [0.15, 0.2) is 57.2 Å². The number of amides is 1. The maximum atomic E-state index is 12.2. The third kappa shape index (κ3) is 5.73. The number of benzene rings is 2. The molecule has 0 saturated carbocycles. The van der Waals surface area contributed by atoms with Crippen molar-refractivity contribution in [1.29, 1.82) is 0 Å². The lowest BCUT2D eigenvalue weighted by Crippen LogP contribution is -2.07. The van der Waals surface area contributed by atoms with E-state index < -0.39 is 5.91 Å². The molecule has 1 amide bonds. The van der Waals surface area contributed by atoms with E-state index in [0.29, 0.717) is 23.9 Å². The molecule has 164 valence electrons. The third-order valence-electron chi connectivity index (χ3n) is 5.13. The maximum absolute atomic E-state index is 12.2. The number of halogens is 1. The van der Waals surface area contributed by atoms with Crippen LogP contribution in [0.4, 0.5) is 5.69 Å². The lowest BCUT2D eigenvalue weighted by Gasteiger charge is -2.07. The van der Waals surface area contributed by atoms with Crippen molar-refractivity contribution < 1.29 is 14.6 Å². The number of rotatable bonds is 9. The molecule has 2 aromatic carbocycles. The van der Waals surface area contributed by atoms with Crippen LogP contribution in [-0.4, -0.2) is 22.2 Å². The second-order valence-corrected chi connectivity index (χ2v) is 8.71. The predicted molar refractivity (Wildman–Crippen MR) is 126 cm³/mol. The van der Waals surface area contributed by atoms with E-state index in [1.54, 1.807) is 0 Å². The van der Waals surface area contributed by atoms with Gasteiger partial charge in [-0.1, -0.05) is 61.7 Å². The highest BCUT2D eigenvalue weighted by molar-refractivity contribution is 9.10. The van der Waals surface area contributed by atoms with Crippen molar-refractivity contribution in [3.63, 3.8) is 0 Å². The number of aromatic hydroxyl groups is 1. The molecule has 0 radical (unpaired) electrons. The van der Waals surface area contributed by atoms with Gasteiger partial charge in [0.05, 0.1) is 5.52 Å². The number of nitrogens with zero attached hydrogens (tertiary/aromatic N) is 3. The van der Waals surface area contributed by atoms with Crippen molar-refractivity contribution in [2.45, 2.75) is 52.5 Å². The standard InChI is InChI=1S/C24H28BrN3O3/c1-4-5-6-13-28-21-12-9-18(25)14-20(21)23(24(28)30)27-26-22(29)15-31-19-10-7-17(8-11-19)16(2)3/h7-12,14,16,30H,4-6,13,15H2,1-3H3. The Kier molecular flexibility index (Phi) is 7.85. The number of carbonyl (C=O) groups excluding carboxylic acids is 1. The summed E-state index contributed by atoms with van der Waals surface area (Å²) in [6.45, 7) is 6.83. The summed E-state index contributed by atoms with van der Waals surface area (Å²) in [5.74, 6) is 0.536. The van der Waals surface area contributed by atoms with Crippen LogP contribution < -0.4 is 4.74 Å². The Labute approximate surface area is 191 Å². The molecule has 0 spiro atoms. The summed E-state index contributed by atoms with van der Waals surface area (Å²) in [6.07, 6.45) is 3.11. The van der Waals surface area contributed by atoms with Gasteiger partial charge in [-0.25, -0.2) is 0 Å². The van der Waals surface area contributed by atoms with Gasteiger partial charge in [0.25, 0.3) is 0 Å². The number of ether oxygens (including phenoxy) is 1. The summed E-state index contributed by atoms with van der Waals surface area (Å²) in [5.41, 5.74) is 2.36. The van der Waals surface area contributed by atoms with Gasteiger partial charge in [-0.15, -0.1) is 10.2 Å². The first-order valence-electron chi connectivity index (χ1n) is 10.6. The molecule has 1 aromatic heterocycles. The number of hydrogen-bond donors (Lipinski definition) is 1. The Hall–Kier alpha value is -2.67. The molecule has 1 N–H and O–H groups in total. The van der Waals surface area contributed by atoms with Crippen LogP contribution in [0.5, 0.6) is 11.6 Å². The van der Waals surface area contributed by atoms with Crippen LogP contribution in [0.3, 0.4) is 0 Å². The SMILES string of the molecule is CCCCCn1c(O)c(N=NC(=O)COc2ccc(C(C)C)cc2)c2cc(Br)ccc21. The average molecular weight is 486 g/mol. The Morgan fingerprint density at radius 1 is 1.16 bits per heavy atom. The quantitative estimate of drug-likeness (QED) is 0.259. The maximum Gasteiger partial charge on any atom is 0.302 e. The summed E-state index contributed by atoms with van der Waals surface area (Å²) >= 11 is 3.46. The summed E-state index contributed by atoms with van der Waals surface area (Å²) in [6, 6.07) is 13.4. The molecule has 7 heteroatoms. The minimum absolute atomic E-state index is 0.0194. The highest BCUT2D eigenvalue weighted by Gasteiger charge is 2.17. The monoisotopic (exact) mass is 485 g/mol. The number of aryl methyl sites for hydroxylation is 1. The normalized spacial score (nSPS) is 11.6. The van der Waals surface area contributed by atoms with Gasteiger partial charge in [0, 0.05) is 16.4 Å². The van der Waals surface area contributed by atoms with Crippen LogP contribution in [0.1, 0.15) is 51.5 Å². The van der Waals surface area contributed by atoms with Crippen LogP contribution in [0.2, 0.25) is 0 Å². The van der Waals surface area contributed by atoms with E-state index in [4.69, 9.17) is 4.74 Å². The Bertz CT molecular complexity index is 1070. The average Bonchev–Trinajstić information content (AvgIpc) is 3.01. The largest absolute Gasteiger partial charge is 0.493 e. The van der Waals surface area contributed by atoms with Crippen LogP contribution >= 0.6 is 15.9 Å². The van der Waals surface area contributed by atoms with Crippen molar-refractivity contribution in [2.75, 3.05) is 6.61 Å². The summed E-state index contributed by atoms with van der Waals surface area (Å²) in [5, 5.41) is 19.3. The first kappa shape index (κ1) is 23.0. The Morgan fingerprint density at radius 3 is 2.58 bits per heavy atom. The molecule has 0 aliphatic heterocycles. The minimum atomic E-state index is -0.519. The molecule has 0 aliphatic carbocycles. The molecular weight excluding hydrogens is 458 g/mol. The fourth-order valence-electron chi connectivity index (χ4n) is 3.37. The molecule has 0 fully saturated rings. The van der Waals surface area contributed by atoms with E-state index in [0.717, 1.165) is 34.6 Å². The molecule has 0 unspecified atom stereocenters. The van der Waals surface area contributed by atoms with Crippen LogP contribution in [-0.2, 0) is 11.3 Å². The topological polar surface area (TPSA) is 76.2 Å². The van der Waals surface area contributed by atoms with Crippen molar-refractivity contribution in [3.8, 4) is 11.6 Å².